The topological polar surface area (TPSA) is 20.2 Å². The van der Waals surface area contributed by atoms with E-state index in [0.29, 0.717) is 6.26 Å². The minimum Gasteiger partial charge on any atom is -0.515 e. The van der Waals surface area contributed by atoms with Gasteiger partial charge in [-0.2, -0.15) is 13.2 Å². The number of hydrogen-bond donors (Lipinski definition) is 1. The molecule has 0 aromatic rings. The molecule has 1 N–H and O–H groups in total. The molecule has 0 heterocycles. The van der Waals surface area contributed by atoms with Gasteiger partial charge in [0.25, 0.3) is 0 Å². The first-order chi connectivity index (χ1) is 5.55. The Kier molecular flexibility index (Phi) is 2.26. The van der Waals surface area contributed by atoms with E-state index >= 15 is 0 Å². The molecule has 1 aliphatic carbocycles. The van der Waals surface area contributed by atoms with Crippen molar-refractivity contribution < 1.29 is 18.3 Å². The summed E-state index contributed by atoms with van der Waals surface area (Å²) in [6.07, 6.45) is 0.0860. The predicted molar refractivity (Wildman–Crippen MR) is 38.6 cm³/mol. The Morgan fingerprint density at radius 2 is 2.08 bits per heavy atom. The molecule has 0 radical (unpaired) electrons. The Morgan fingerprint density at radius 3 is 2.50 bits per heavy atom. The van der Waals surface area contributed by atoms with E-state index in [-0.39, 0.29) is 12.0 Å². The molecule has 0 saturated carbocycles. The summed E-state index contributed by atoms with van der Waals surface area (Å²) in [6, 6.07) is 0. The molecule has 0 unspecified atom stereocenters. The molecule has 0 aromatic carbocycles. The Balaban J connectivity index is 3.00. The van der Waals surface area contributed by atoms with Gasteiger partial charge in [-0.3, -0.25) is 0 Å². The van der Waals surface area contributed by atoms with E-state index < -0.39 is 11.7 Å². The minimum atomic E-state index is -4.38. The third-order valence-electron chi connectivity index (χ3n) is 1.54. The zero-order valence-electron chi connectivity index (χ0n) is 6.10. The first-order valence-corrected chi connectivity index (χ1v) is 3.33. The van der Waals surface area contributed by atoms with Crippen LogP contribution in [0.3, 0.4) is 0 Å². The highest BCUT2D eigenvalue weighted by Gasteiger charge is 2.35. The van der Waals surface area contributed by atoms with Crippen molar-refractivity contribution in [1.29, 1.82) is 0 Å². The van der Waals surface area contributed by atoms with Crippen LogP contribution in [0, 0.1) is 0 Å². The Bertz CT molecular complexity index is 258. The molecule has 1 rings (SSSR count). The first-order valence-electron chi connectivity index (χ1n) is 3.33. The van der Waals surface area contributed by atoms with Gasteiger partial charge in [-0.25, -0.2) is 0 Å². The standard InChI is InChI=1S/C8H7F3O/c9-8(10,11)7-4-2-1-3-6(7)5-12/h1-2,4-5,12H,3H2/b6-5+. The van der Waals surface area contributed by atoms with E-state index in [1.807, 2.05) is 0 Å². The van der Waals surface area contributed by atoms with Crippen LogP contribution in [0.15, 0.2) is 35.6 Å². The number of alkyl halides is 3. The lowest BCUT2D eigenvalue weighted by atomic mass is 9.99. The molecular weight excluding hydrogens is 169 g/mol. The van der Waals surface area contributed by atoms with Gasteiger partial charge < -0.3 is 5.11 Å². The average molecular weight is 176 g/mol. The molecular formula is C8H7F3O. The van der Waals surface area contributed by atoms with Crippen LogP contribution >= 0.6 is 0 Å². The van der Waals surface area contributed by atoms with Crippen LogP contribution in [0.1, 0.15) is 6.42 Å². The number of rotatable bonds is 0. The number of halogens is 3. The van der Waals surface area contributed by atoms with Crippen molar-refractivity contribution in [3.8, 4) is 0 Å². The van der Waals surface area contributed by atoms with Gasteiger partial charge in [0.2, 0.25) is 0 Å². The van der Waals surface area contributed by atoms with Crippen molar-refractivity contribution >= 4 is 0 Å². The number of aliphatic hydroxyl groups is 1. The van der Waals surface area contributed by atoms with E-state index in [1.54, 1.807) is 6.08 Å². The normalized spacial score (nSPS) is 21.2. The maximum absolute atomic E-state index is 12.1. The Hall–Kier alpha value is -1.19. The van der Waals surface area contributed by atoms with Crippen molar-refractivity contribution in [3.63, 3.8) is 0 Å². The van der Waals surface area contributed by atoms with E-state index in [9.17, 15) is 13.2 Å². The van der Waals surface area contributed by atoms with Crippen LogP contribution < -0.4 is 0 Å². The highest BCUT2D eigenvalue weighted by atomic mass is 19.4. The van der Waals surface area contributed by atoms with Gasteiger partial charge in [0.05, 0.1) is 11.8 Å². The SMILES string of the molecule is O/C=C1\CC=CC=C1C(F)(F)F. The second-order valence-corrected chi connectivity index (χ2v) is 2.36. The lowest BCUT2D eigenvalue weighted by Crippen LogP contribution is -2.14. The van der Waals surface area contributed by atoms with Gasteiger partial charge in [0, 0.05) is 5.57 Å². The summed E-state index contributed by atoms with van der Waals surface area (Å²) in [4.78, 5) is 0. The maximum Gasteiger partial charge on any atom is 0.416 e. The molecule has 0 fully saturated rings. The largest absolute Gasteiger partial charge is 0.515 e. The van der Waals surface area contributed by atoms with Crippen LogP contribution in [0.4, 0.5) is 13.2 Å². The quantitative estimate of drug-likeness (QED) is 0.562. The number of hydrogen-bond acceptors (Lipinski definition) is 1. The highest BCUT2D eigenvalue weighted by Crippen LogP contribution is 2.34. The van der Waals surface area contributed by atoms with Gasteiger partial charge in [-0.05, 0) is 12.5 Å². The Morgan fingerprint density at radius 1 is 1.42 bits per heavy atom. The Labute approximate surface area is 67.5 Å². The summed E-state index contributed by atoms with van der Waals surface area (Å²) < 4.78 is 36.4. The van der Waals surface area contributed by atoms with Crippen LogP contribution in [-0.4, -0.2) is 11.3 Å². The lowest BCUT2D eigenvalue weighted by molar-refractivity contribution is -0.0897. The predicted octanol–water partition coefficient (Wildman–Crippen LogP) is 2.88. The van der Waals surface area contributed by atoms with Crippen molar-refractivity contribution in [3.05, 3.63) is 35.6 Å². The smallest absolute Gasteiger partial charge is 0.416 e. The summed E-state index contributed by atoms with van der Waals surface area (Å²) in [6.45, 7) is 0. The molecule has 1 aliphatic rings. The first kappa shape index (κ1) is 8.90. The monoisotopic (exact) mass is 176 g/mol. The van der Waals surface area contributed by atoms with E-state index in [1.165, 1.54) is 6.08 Å². The van der Waals surface area contributed by atoms with Gasteiger partial charge in [0.1, 0.15) is 0 Å². The summed E-state index contributed by atoms with van der Waals surface area (Å²) in [5.41, 5.74) is -0.863. The fourth-order valence-electron chi connectivity index (χ4n) is 0.975. The fourth-order valence-corrected chi connectivity index (χ4v) is 0.975. The van der Waals surface area contributed by atoms with Crippen LogP contribution in [-0.2, 0) is 0 Å². The second-order valence-electron chi connectivity index (χ2n) is 2.36. The zero-order valence-corrected chi connectivity index (χ0v) is 6.10. The van der Waals surface area contributed by atoms with E-state index in [2.05, 4.69) is 0 Å². The summed E-state index contributed by atoms with van der Waals surface area (Å²) in [5, 5.41) is 8.49. The van der Waals surface area contributed by atoms with Crippen molar-refractivity contribution in [2.45, 2.75) is 12.6 Å². The average Bonchev–Trinajstić information content (AvgIpc) is 2.03. The molecule has 0 atom stereocenters. The molecule has 0 spiro atoms. The summed E-state index contributed by atoms with van der Waals surface area (Å²) in [5.74, 6) is 0. The third kappa shape index (κ3) is 1.69. The molecule has 0 amide bonds. The van der Waals surface area contributed by atoms with Crippen molar-refractivity contribution in [2.24, 2.45) is 0 Å². The fraction of sp³-hybridized carbons (Fsp3) is 0.250. The number of allylic oxidation sites excluding steroid dienone is 5. The third-order valence-corrected chi connectivity index (χ3v) is 1.54. The van der Waals surface area contributed by atoms with Gasteiger partial charge >= 0.3 is 6.18 Å². The lowest BCUT2D eigenvalue weighted by Gasteiger charge is -2.14. The molecule has 66 valence electrons. The molecule has 0 aliphatic heterocycles. The van der Waals surface area contributed by atoms with Crippen molar-refractivity contribution in [2.75, 3.05) is 0 Å². The number of aliphatic hydroxyl groups excluding tert-OH is 1. The van der Waals surface area contributed by atoms with Crippen molar-refractivity contribution in [1.82, 2.24) is 0 Å². The van der Waals surface area contributed by atoms with E-state index in [4.69, 9.17) is 5.11 Å². The minimum absolute atomic E-state index is 0.0926. The molecule has 4 heteroatoms. The molecule has 0 aromatic heterocycles. The molecule has 1 nitrogen and oxygen atoms in total. The van der Waals surface area contributed by atoms with Gasteiger partial charge in [0.15, 0.2) is 0 Å². The van der Waals surface area contributed by atoms with Gasteiger partial charge in [-0.15, -0.1) is 0 Å². The van der Waals surface area contributed by atoms with Crippen LogP contribution in [0.5, 0.6) is 0 Å². The van der Waals surface area contributed by atoms with E-state index in [0.717, 1.165) is 6.08 Å². The van der Waals surface area contributed by atoms with Gasteiger partial charge in [-0.1, -0.05) is 12.2 Å². The molecule has 12 heavy (non-hydrogen) atoms. The molecule has 0 bridgehead atoms. The summed E-state index contributed by atoms with van der Waals surface area (Å²) in [7, 11) is 0. The van der Waals surface area contributed by atoms with Crippen LogP contribution in [0.25, 0.3) is 0 Å². The highest BCUT2D eigenvalue weighted by molar-refractivity contribution is 5.41. The maximum atomic E-state index is 12.1. The molecule has 0 saturated heterocycles. The van der Waals surface area contributed by atoms with Crippen LogP contribution in [0.2, 0.25) is 0 Å². The summed E-state index contributed by atoms with van der Waals surface area (Å²) >= 11 is 0. The second kappa shape index (κ2) is 3.05. The zero-order chi connectivity index (χ0) is 9.19.